The third kappa shape index (κ3) is 3.15. The van der Waals surface area contributed by atoms with Crippen LogP contribution in [0.15, 0.2) is 52.2 Å². The molecule has 7 heteroatoms. The molecule has 24 heavy (non-hydrogen) atoms. The smallest absolute Gasteiger partial charge is 0.303 e. The van der Waals surface area contributed by atoms with Gasteiger partial charge in [-0.2, -0.15) is 5.10 Å². The molecule has 2 aromatic rings. The van der Waals surface area contributed by atoms with E-state index in [0.29, 0.717) is 23.5 Å². The highest BCUT2D eigenvalue weighted by atomic mass is 16.4. The quantitative estimate of drug-likeness (QED) is 0.878. The van der Waals surface area contributed by atoms with E-state index in [4.69, 9.17) is 9.52 Å². The Morgan fingerprint density at radius 1 is 1.21 bits per heavy atom. The number of aromatic hydroxyl groups is 1. The Kier molecular flexibility index (Phi) is 4.33. The van der Waals surface area contributed by atoms with Gasteiger partial charge < -0.3 is 14.6 Å². The number of nitrogens with zero attached hydrogens (tertiary/aromatic N) is 2. The molecule has 0 bridgehead atoms. The van der Waals surface area contributed by atoms with Crippen molar-refractivity contribution in [2.45, 2.75) is 25.3 Å². The second kappa shape index (κ2) is 6.57. The van der Waals surface area contributed by atoms with Crippen molar-refractivity contribution in [3.63, 3.8) is 0 Å². The molecule has 0 radical (unpaired) electrons. The molecule has 1 aromatic heterocycles. The van der Waals surface area contributed by atoms with Gasteiger partial charge in [0, 0.05) is 18.4 Å². The number of para-hydroxylation sites is 1. The number of rotatable bonds is 5. The first kappa shape index (κ1) is 15.8. The number of phenols is 1. The molecule has 1 aliphatic rings. The number of aliphatic carboxylic acids is 1. The van der Waals surface area contributed by atoms with Crippen molar-refractivity contribution < 1.29 is 24.2 Å². The highest BCUT2D eigenvalue weighted by Crippen LogP contribution is 2.37. The molecule has 1 atom stereocenters. The van der Waals surface area contributed by atoms with Gasteiger partial charge in [0.25, 0.3) is 0 Å². The van der Waals surface area contributed by atoms with Gasteiger partial charge in [-0.05, 0) is 18.2 Å². The lowest BCUT2D eigenvalue weighted by Gasteiger charge is -2.22. The molecular weight excluding hydrogens is 312 g/mol. The van der Waals surface area contributed by atoms with Crippen molar-refractivity contribution >= 4 is 17.6 Å². The number of carbonyl (C=O) groups is 2. The first-order chi connectivity index (χ1) is 11.6. The average molecular weight is 328 g/mol. The van der Waals surface area contributed by atoms with Crippen LogP contribution in [0.3, 0.4) is 0 Å². The summed E-state index contributed by atoms with van der Waals surface area (Å²) in [6, 6.07) is 9.69. The summed E-state index contributed by atoms with van der Waals surface area (Å²) in [6.07, 6.45) is 1.47. The third-order valence-corrected chi connectivity index (χ3v) is 3.82. The lowest BCUT2D eigenvalue weighted by Crippen LogP contribution is -2.27. The summed E-state index contributed by atoms with van der Waals surface area (Å²) in [5.41, 5.74) is 1.14. The zero-order valence-electron chi connectivity index (χ0n) is 12.8. The van der Waals surface area contributed by atoms with Gasteiger partial charge in [-0.1, -0.05) is 18.2 Å². The summed E-state index contributed by atoms with van der Waals surface area (Å²) in [4.78, 5) is 23.1. The van der Waals surface area contributed by atoms with E-state index in [1.165, 1.54) is 11.3 Å². The van der Waals surface area contributed by atoms with E-state index in [1.54, 1.807) is 36.4 Å². The van der Waals surface area contributed by atoms with Crippen molar-refractivity contribution in [3.8, 4) is 5.75 Å². The van der Waals surface area contributed by atoms with Gasteiger partial charge in [0.15, 0.2) is 0 Å². The number of hydrogen-bond donors (Lipinski definition) is 2. The Morgan fingerprint density at radius 2 is 2.00 bits per heavy atom. The summed E-state index contributed by atoms with van der Waals surface area (Å²) in [6.45, 7) is 0. The molecule has 0 spiro atoms. The summed E-state index contributed by atoms with van der Waals surface area (Å²) in [7, 11) is 0. The highest BCUT2D eigenvalue weighted by molar-refractivity contribution is 6.01. The zero-order chi connectivity index (χ0) is 17.1. The molecule has 0 aliphatic carbocycles. The summed E-state index contributed by atoms with van der Waals surface area (Å²) in [5.74, 6) is -0.845. The van der Waals surface area contributed by atoms with E-state index >= 15 is 0 Å². The number of carbonyl (C=O) groups excluding carboxylic acids is 1. The third-order valence-electron chi connectivity index (χ3n) is 3.82. The van der Waals surface area contributed by atoms with Gasteiger partial charge in [-0.15, -0.1) is 0 Å². The molecule has 0 saturated heterocycles. The number of furan rings is 1. The fraction of sp³-hybridized carbons (Fsp3) is 0.235. The molecule has 0 unspecified atom stereocenters. The standard InChI is InChI=1S/C17H16N2O5/c20-14-5-2-1-4-11(14)13-10-12(15-6-3-9-24-15)18-19(13)16(21)7-8-17(22)23/h1-6,9,13,20H,7-8,10H2,(H,22,23)/t13-/m0/s1. The van der Waals surface area contributed by atoms with Crippen LogP contribution in [0.25, 0.3) is 0 Å². The minimum absolute atomic E-state index is 0.0643. The SMILES string of the molecule is O=C(O)CCC(=O)N1N=C(c2ccco2)C[C@H]1c1ccccc1O. The van der Waals surface area contributed by atoms with Crippen LogP contribution in [0.5, 0.6) is 5.75 Å². The first-order valence-corrected chi connectivity index (χ1v) is 7.49. The summed E-state index contributed by atoms with van der Waals surface area (Å²) in [5, 5.41) is 24.4. The van der Waals surface area contributed by atoms with Crippen LogP contribution in [0.4, 0.5) is 0 Å². The van der Waals surface area contributed by atoms with Crippen LogP contribution in [-0.4, -0.2) is 32.8 Å². The number of carboxylic acids is 1. The van der Waals surface area contributed by atoms with Crippen LogP contribution < -0.4 is 0 Å². The minimum Gasteiger partial charge on any atom is -0.508 e. The number of phenolic OH excluding ortho intramolecular Hbond substituents is 1. The van der Waals surface area contributed by atoms with Gasteiger partial charge in [0.1, 0.15) is 17.2 Å². The van der Waals surface area contributed by atoms with Gasteiger partial charge >= 0.3 is 5.97 Å². The number of carboxylic acid groups (broad SMARTS) is 1. The second-order valence-corrected chi connectivity index (χ2v) is 5.43. The molecule has 1 aliphatic heterocycles. The fourth-order valence-corrected chi connectivity index (χ4v) is 2.67. The van der Waals surface area contributed by atoms with Gasteiger partial charge in [-0.3, -0.25) is 9.59 Å². The molecule has 124 valence electrons. The predicted octanol–water partition coefficient (Wildman–Crippen LogP) is 2.53. The monoisotopic (exact) mass is 328 g/mol. The maximum atomic E-state index is 12.4. The number of hydrazone groups is 1. The number of benzene rings is 1. The highest BCUT2D eigenvalue weighted by Gasteiger charge is 2.35. The molecular formula is C17H16N2O5. The van der Waals surface area contributed by atoms with Crippen LogP contribution in [0.1, 0.15) is 36.6 Å². The van der Waals surface area contributed by atoms with E-state index in [1.807, 2.05) is 0 Å². The summed E-state index contributed by atoms with van der Waals surface area (Å²) < 4.78 is 5.33. The maximum absolute atomic E-state index is 12.4. The second-order valence-electron chi connectivity index (χ2n) is 5.43. The molecule has 2 heterocycles. The Labute approximate surface area is 137 Å². The van der Waals surface area contributed by atoms with E-state index in [2.05, 4.69) is 5.10 Å². The topological polar surface area (TPSA) is 103 Å². The van der Waals surface area contributed by atoms with E-state index < -0.39 is 17.9 Å². The number of amides is 1. The van der Waals surface area contributed by atoms with Crippen molar-refractivity contribution in [2.75, 3.05) is 0 Å². The van der Waals surface area contributed by atoms with Gasteiger partial charge in [0.2, 0.25) is 5.91 Å². The largest absolute Gasteiger partial charge is 0.508 e. The van der Waals surface area contributed by atoms with Crippen molar-refractivity contribution in [1.82, 2.24) is 5.01 Å². The van der Waals surface area contributed by atoms with E-state index in [9.17, 15) is 14.7 Å². The predicted molar refractivity (Wildman–Crippen MR) is 84.4 cm³/mol. The number of hydrogen-bond acceptors (Lipinski definition) is 5. The molecule has 7 nitrogen and oxygen atoms in total. The molecule has 0 fully saturated rings. The minimum atomic E-state index is -1.04. The summed E-state index contributed by atoms with van der Waals surface area (Å²) >= 11 is 0. The lowest BCUT2D eigenvalue weighted by molar-refractivity contribution is -0.141. The van der Waals surface area contributed by atoms with Crippen molar-refractivity contribution in [1.29, 1.82) is 0 Å². The van der Waals surface area contributed by atoms with Crippen LogP contribution >= 0.6 is 0 Å². The Hall–Kier alpha value is -3.09. The molecule has 2 N–H and O–H groups in total. The van der Waals surface area contributed by atoms with Crippen LogP contribution in [0.2, 0.25) is 0 Å². The van der Waals surface area contributed by atoms with E-state index in [0.717, 1.165) is 0 Å². The Bertz CT molecular complexity index is 782. The zero-order valence-corrected chi connectivity index (χ0v) is 12.8. The van der Waals surface area contributed by atoms with Crippen LogP contribution in [-0.2, 0) is 9.59 Å². The fourth-order valence-electron chi connectivity index (χ4n) is 2.67. The molecule has 0 saturated carbocycles. The van der Waals surface area contributed by atoms with E-state index in [-0.39, 0.29) is 18.6 Å². The van der Waals surface area contributed by atoms with Crippen molar-refractivity contribution in [3.05, 3.63) is 54.0 Å². The maximum Gasteiger partial charge on any atom is 0.303 e. The van der Waals surface area contributed by atoms with Crippen molar-refractivity contribution in [2.24, 2.45) is 5.10 Å². The average Bonchev–Trinajstić information content (AvgIpc) is 3.22. The first-order valence-electron chi connectivity index (χ1n) is 7.49. The normalized spacial score (nSPS) is 16.9. The van der Waals surface area contributed by atoms with Gasteiger partial charge in [0.05, 0.1) is 18.7 Å². The lowest BCUT2D eigenvalue weighted by atomic mass is 9.99. The Balaban J connectivity index is 1.91. The van der Waals surface area contributed by atoms with Crippen LogP contribution in [0, 0.1) is 0 Å². The molecule has 3 rings (SSSR count). The van der Waals surface area contributed by atoms with Gasteiger partial charge in [-0.25, -0.2) is 5.01 Å². The molecule has 1 aromatic carbocycles. The Morgan fingerprint density at radius 3 is 2.67 bits per heavy atom. The molecule has 1 amide bonds.